The SMILES string of the molecule is Cc1ccc(S(=O)(=O)[N-][N+]2=Cc3ccccc3C([Se]c3ccccc3)[C@@H]2c2ccccc2)cc1. The molecule has 0 radical (unpaired) electrons. The van der Waals surface area contributed by atoms with E-state index < -0.39 is 10.0 Å². The summed E-state index contributed by atoms with van der Waals surface area (Å²) >= 11 is 0.0491. The molecule has 0 aliphatic carbocycles. The van der Waals surface area contributed by atoms with Gasteiger partial charge in [-0.05, 0) is 0 Å². The molecule has 0 fully saturated rings. The van der Waals surface area contributed by atoms with Gasteiger partial charge in [-0.15, -0.1) is 0 Å². The van der Waals surface area contributed by atoms with E-state index in [0.29, 0.717) is 0 Å². The van der Waals surface area contributed by atoms with Crippen LogP contribution in [0, 0.1) is 6.92 Å². The standard InChI is InChI=1S/C28H24N2O2SSe/c1-21-16-18-24(19-17-21)33(31,32)29-30-20-23-12-8-9-15-26(23)28(34-25-13-6-3-7-14-25)27(30)22-10-4-2-5-11-22/h2-20,27-28H,1H3/t27-,28?/m0/s1. The van der Waals surface area contributed by atoms with Crippen LogP contribution in [0.1, 0.15) is 33.1 Å². The Morgan fingerprint density at radius 3 is 2.09 bits per heavy atom. The van der Waals surface area contributed by atoms with Gasteiger partial charge in [-0.25, -0.2) is 0 Å². The van der Waals surface area contributed by atoms with Gasteiger partial charge in [-0.1, -0.05) is 0 Å². The van der Waals surface area contributed by atoms with Gasteiger partial charge in [-0.3, -0.25) is 0 Å². The Morgan fingerprint density at radius 2 is 1.38 bits per heavy atom. The summed E-state index contributed by atoms with van der Waals surface area (Å²) in [7, 11) is -3.89. The van der Waals surface area contributed by atoms with Gasteiger partial charge in [0.2, 0.25) is 0 Å². The Balaban J connectivity index is 1.63. The van der Waals surface area contributed by atoms with Crippen molar-refractivity contribution in [2.45, 2.75) is 22.7 Å². The zero-order valence-corrected chi connectivity index (χ0v) is 21.2. The third-order valence-electron chi connectivity index (χ3n) is 5.81. The van der Waals surface area contributed by atoms with E-state index in [9.17, 15) is 8.42 Å². The first-order chi connectivity index (χ1) is 16.5. The van der Waals surface area contributed by atoms with Gasteiger partial charge in [0.25, 0.3) is 0 Å². The molecule has 4 aromatic rings. The minimum absolute atomic E-state index is 0.0491. The average Bonchev–Trinajstić information content (AvgIpc) is 2.85. The first-order valence-electron chi connectivity index (χ1n) is 11.0. The maximum atomic E-state index is 13.3. The van der Waals surface area contributed by atoms with Crippen molar-refractivity contribution in [2.24, 2.45) is 0 Å². The van der Waals surface area contributed by atoms with Crippen LogP contribution in [0.5, 0.6) is 0 Å². The van der Waals surface area contributed by atoms with Crippen LogP contribution in [-0.2, 0) is 10.0 Å². The fourth-order valence-electron chi connectivity index (χ4n) is 4.13. The molecule has 4 aromatic carbocycles. The van der Waals surface area contributed by atoms with E-state index in [-0.39, 0.29) is 30.7 Å². The van der Waals surface area contributed by atoms with Crippen LogP contribution in [0.25, 0.3) is 4.83 Å². The van der Waals surface area contributed by atoms with E-state index in [4.69, 9.17) is 0 Å². The molecule has 0 saturated heterocycles. The molecule has 0 spiro atoms. The van der Waals surface area contributed by atoms with Crippen LogP contribution in [0.3, 0.4) is 0 Å². The normalized spacial score (nSPS) is 17.5. The monoisotopic (exact) mass is 532 g/mol. The fraction of sp³-hybridized carbons (Fsp3) is 0.107. The molecule has 1 aliphatic rings. The summed E-state index contributed by atoms with van der Waals surface area (Å²) in [5.74, 6) is 0. The van der Waals surface area contributed by atoms with Gasteiger partial charge >= 0.3 is 208 Å². The topological polar surface area (TPSA) is 51.2 Å². The van der Waals surface area contributed by atoms with Crippen LogP contribution in [0.2, 0.25) is 0 Å². The predicted molar refractivity (Wildman–Crippen MR) is 137 cm³/mol. The second-order valence-electron chi connectivity index (χ2n) is 8.21. The van der Waals surface area contributed by atoms with Crippen molar-refractivity contribution >= 4 is 35.7 Å². The molecule has 2 atom stereocenters. The number of aryl methyl sites for hydroxylation is 1. The summed E-state index contributed by atoms with van der Waals surface area (Å²) in [6.45, 7) is 1.94. The van der Waals surface area contributed by atoms with Crippen molar-refractivity contribution < 1.29 is 13.1 Å². The Hall–Kier alpha value is -3.18. The second kappa shape index (κ2) is 9.59. The first kappa shape index (κ1) is 22.6. The van der Waals surface area contributed by atoms with Crippen LogP contribution in [0.15, 0.2) is 114 Å². The molecule has 1 aliphatic heterocycles. The zero-order chi connectivity index (χ0) is 23.5. The molecule has 6 heteroatoms. The zero-order valence-electron chi connectivity index (χ0n) is 18.7. The van der Waals surface area contributed by atoms with Crippen molar-refractivity contribution in [3.05, 3.63) is 136 Å². The molecular weight excluding hydrogens is 507 g/mol. The molecule has 0 N–H and O–H groups in total. The summed E-state index contributed by atoms with van der Waals surface area (Å²) in [5, 5.41) is 0. The number of rotatable bonds is 6. The minimum atomic E-state index is -3.89. The molecule has 1 unspecified atom stereocenters. The molecule has 34 heavy (non-hydrogen) atoms. The van der Waals surface area contributed by atoms with Crippen LogP contribution in [0.4, 0.5) is 0 Å². The summed E-state index contributed by atoms with van der Waals surface area (Å²) in [6, 6.07) is 35.3. The average molecular weight is 532 g/mol. The van der Waals surface area contributed by atoms with Gasteiger partial charge < -0.3 is 0 Å². The van der Waals surface area contributed by atoms with E-state index in [2.05, 4.69) is 53.4 Å². The molecule has 0 aromatic heterocycles. The predicted octanol–water partition coefficient (Wildman–Crippen LogP) is 4.93. The number of benzene rings is 4. The third kappa shape index (κ3) is 4.71. The Labute approximate surface area is 207 Å². The number of hydrogen-bond donors (Lipinski definition) is 0. The van der Waals surface area contributed by atoms with Crippen molar-refractivity contribution in [3.63, 3.8) is 0 Å². The van der Waals surface area contributed by atoms with E-state index in [1.54, 1.807) is 28.9 Å². The second-order valence-corrected chi connectivity index (χ2v) is 12.3. The van der Waals surface area contributed by atoms with Crippen LogP contribution >= 0.6 is 0 Å². The maximum absolute atomic E-state index is 13.3. The Bertz CT molecular complexity index is 1420. The Morgan fingerprint density at radius 1 is 0.765 bits per heavy atom. The first-order valence-corrected chi connectivity index (χ1v) is 14.3. The van der Waals surface area contributed by atoms with Gasteiger partial charge in [0.1, 0.15) is 0 Å². The molecule has 0 amide bonds. The van der Waals surface area contributed by atoms with Crippen molar-refractivity contribution in [1.82, 2.24) is 0 Å². The Kier molecular flexibility index (Phi) is 6.38. The molecule has 0 saturated carbocycles. The summed E-state index contributed by atoms with van der Waals surface area (Å²) in [5.41, 5.74) is 4.27. The van der Waals surface area contributed by atoms with Gasteiger partial charge in [-0.2, -0.15) is 0 Å². The van der Waals surface area contributed by atoms with Gasteiger partial charge in [0.15, 0.2) is 0 Å². The van der Waals surface area contributed by atoms with Crippen molar-refractivity contribution in [3.8, 4) is 0 Å². The van der Waals surface area contributed by atoms with E-state index >= 15 is 0 Å². The van der Waals surface area contributed by atoms with E-state index in [1.807, 2.05) is 49.5 Å². The number of hydrogen-bond acceptors (Lipinski definition) is 2. The van der Waals surface area contributed by atoms with E-state index in [1.165, 1.54) is 10.0 Å². The molecule has 170 valence electrons. The third-order valence-corrected chi connectivity index (χ3v) is 9.83. The molecule has 4 nitrogen and oxygen atoms in total. The fourth-order valence-corrected chi connectivity index (χ4v) is 7.95. The van der Waals surface area contributed by atoms with Crippen LogP contribution in [-0.4, -0.2) is 34.3 Å². The number of sulfonamides is 1. The summed E-state index contributed by atoms with van der Waals surface area (Å²) in [4.78, 5) is 4.65. The van der Waals surface area contributed by atoms with Gasteiger partial charge in [0, 0.05) is 0 Å². The van der Waals surface area contributed by atoms with Crippen molar-refractivity contribution in [1.29, 1.82) is 0 Å². The van der Waals surface area contributed by atoms with Crippen molar-refractivity contribution in [2.75, 3.05) is 0 Å². The summed E-state index contributed by atoms with van der Waals surface area (Å²) < 4.78 is 29.6. The van der Waals surface area contributed by atoms with Crippen LogP contribution < -0.4 is 4.46 Å². The van der Waals surface area contributed by atoms with E-state index in [0.717, 1.165) is 16.7 Å². The molecule has 5 rings (SSSR count). The van der Waals surface area contributed by atoms with Gasteiger partial charge in [0.05, 0.1) is 0 Å². The molecule has 1 heterocycles. The summed E-state index contributed by atoms with van der Waals surface area (Å²) in [6.07, 6.45) is 1.87. The molecule has 0 bridgehead atoms. The number of nitrogens with zero attached hydrogens (tertiary/aromatic N) is 2. The molecular formula is C28H24N2O2SSe. The quantitative estimate of drug-likeness (QED) is 0.262. The number of fused-ring (bicyclic) bond motifs is 1.